The van der Waals surface area contributed by atoms with Crippen LogP contribution in [-0.4, -0.2) is 67.1 Å². The fraction of sp³-hybridized carbons (Fsp3) is 0.348. The van der Waals surface area contributed by atoms with Gasteiger partial charge in [-0.05, 0) is 30.7 Å². The summed E-state index contributed by atoms with van der Waals surface area (Å²) in [5, 5.41) is 1.11. The van der Waals surface area contributed by atoms with Crippen molar-refractivity contribution in [3.63, 3.8) is 0 Å². The number of hydrogen-bond acceptors (Lipinski definition) is 4. The molecular formula is C23H27N3O3. The molecule has 1 aliphatic rings. The second kappa shape index (κ2) is 8.57. The molecule has 0 radical (unpaired) electrons. The van der Waals surface area contributed by atoms with Gasteiger partial charge in [-0.15, -0.1) is 0 Å². The summed E-state index contributed by atoms with van der Waals surface area (Å²) in [7, 11) is 1.65. The number of piperazine rings is 1. The number of methoxy groups -OCH3 is 1. The van der Waals surface area contributed by atoms with Crippen LogP contribution in [0, 0.1) is 6.92 Å². The molecule has 2 aromatic carbocycles. The summed E-state index contributed by atoms with van der Waals surface area (Å²) in [4.78, 5) is 20.6. The van der Waals surface area contributed by atoms with Gasteiger partial charge in [0, 0.05) is 49.7 Å². The van der Waals surface area contributed by atoms with Crippen molar-refractivity contribution in [2.45, 2.75) is 6.92 Å². The summed E-state index contributed by atoms with van der Waals surface area (Å²) in [6, 6.07) is 15.7. The van der Waals surface area contributed by atoms with E-state index in [0.717, 1.165) is 60.7 Å². The predicted octanol–water partition coefficient (Wildman–Crippen LogP) is 3.32. The number of ether oxygens (including phenoxy) is 2. The number of H-pyrrole nitrogens is 1. The maximum Gasteiger partial charge on any atom is 0.270 e. The van der Waals surface area contributed by atoms with E-state index in [9.17, 15) is 4.79 Å². The highest BCUT2D eigenvalue weighted by atomic mass is 16.5. The van der Waals surface area contributed by atoms with Crippen molar-refractivity contribution in [1.29, 1.82) is 0 Å². The molecule has 0 atom stereocenters. The van der Waals surface area contributed by atoms with Crippen LogP contribution in [0.1, 0.15) is 16.1 Å². The molecule has 0 bridgehead atoms. The van der Waals surface area contributed by atoms with Crippen LogP contribution in [0.15, 0.2) is 48.5 Å². The van der Waals surface area contributed by atoms with Crippen molar-refractivity contribution in [3.05, 3.63) is 59.8 Å². The Hall–Kier alpha value is -2.99. The van der Waals surface area contributed by atoms with Crippen molar-refractivity contribution in [1.82, 2.24) is 14.8 Å². The van der Waals surface area contributed by atoms with Crippen LogP contribution in [0.2, 0.25) is 0 Å². The first kappa shape index (κ1) is 19.3. The maximum atomic E-state index is 13.0. The Labute approximate surface area is 171 Å². The minimum absolute atomic E-state index is 0.0889. The molecule has 3 aromatic rings. The largest absolute Gasteiger partial charge is 0.497 e. The van der Waals surface area contributed by atoms with Gasteiger partial charge in [-0.25, -0.2) is 0 Å². The number of para-hydroxylation sites is 1. The van der Waals surface area contributed by atoms with E-state index in [-0.39, 0.29) is 5.91 Å². The number of nitrogens with one attached hydrogen (secondary N) is 1. The minimum atomic E-state index is 0.0889. The number of carbonyl (C=O) groups is 1. The van der Waals surface area contributed by atoms with Gasteiger partial charge >= 0.3 is 0 Å². The van der Waals surface area contributed by atoms with E-state index in [0.29, 0.717) is 12.3 Å². The van der Waals surface area contributed by atoms with Crippen LogP contribution in [0.5, 0.6) is 11.5 Å². The lowest BCUT2D eigenvalue weighted by Gasteiger charge is -2.34. The van der Waals surface area contributed by atoms with Crippen LogP contribution in [0.4, 0.5) is 0 Å². The van der Waals surface area contributed by atoms with Crippen LogP contribution in [0.3, 0.4) is 0 Å². The highest BCUT2D eigenvalue weighted by molar-refractivity contribution is 6.00. The number of nitrogens with zero attached hydrogens (tertiary/aromatic N) is 2. The van der Waals surface area contributed by atoms with Crippen LogP contribution < -0.4 is 9.47 Å². The number of rotatable bonds is 6. The molecule has 1 amide bonds. The fourth-order valence-electron chi connectivity index (χ4n) is 3.81. The SMILES string of the molecule is COc1cccc(OCCN2CCN(C(=O)c3[nH]c4ccccc4c3C)CC2)c1. The van der Waals surface area contributed by atoms with Crippen LogP contribution >= 0.6 is 0 Å². The lowest BCUT2D eigenvalue weighted by atomic mass is 10.1. The molecule has 0 unspecified atom stereocenters. The van der Waals surface area contributed by atoms with Crippen molar-refractivity contribution in [2.75, 3.05) is 46.4 Å². The fourth-order valence-corrected chi connectivity index (χ4v) is 3.81. The zero-order chi connectivity index (χ0) is 20.2. The second-order valence-electron chi connectivity index (χ2n) is 7.33. The van der Waals surface area contributed by atoms with E-state index in [2.05, 4.69) is 16.0 Å². The van der Waals surface area contributed by atoms with Crippen molar-refractivity contribution < 1.29 is 14.3 Å². The first-order valence-electron chi connectivity index (χ1n) is 10.0. The Morgan fingerprint density at radius 1 is 1.03 bits per heavy atom. The molecule has 152 valence electrons. The number of benzene rings is 2. The average molecular weight is 393 g/mol. The quantitative estimate of drug-likeness (QED) is 0.698. The van der Waals surface area contributed by atoms with Crippen LogP contribution in [0.25, 0.3) is 10.9 Å². The van der Waals surface area contributed by atoms with E-state index in [4.69, 9.17) is 9.47 Å². The zero-order valence-corrected chi connectivity index (χ0v) is 17.0. The molecule has 6 nitrogen and oxygen atoms in total. The number of aryl methyl sites for hydroxylation is 1. The van der Waals surface area contributed by atoms with Gasteiger partial charge in [0.2, 0.25) is 0 Å². The van der Waals surface area contributed by atoms with Gasteiger partial charge in [0.15, 0.2) is 0 Å². The maximum absolute atomic E-state index is 13.0. The highest BCUT2D eigenvalue weighted by Crippen LogP contribution is 2.23. The van der Waals surface area contributed by atoms with E-state index in [1.54, 1.807) is 7.11 Å². The number of carbonyl (C=O) groups excluding carboxylic acids is 1. The summed E-state index contributed by atoms with van der Waals surface area (Å²) in [6.45, 7) is 6.63. The van der Waals surface area contributed by atoms with Crippen molar-refractivity contribution >= 4 is 16.8 Å². The third-order valence-corrected chi connectivity index (χ3v) is 5.56. The minimum Gasteiger partial charge on any atom is -0.497 e. The summed E-state index contributed by atoms with van der Waals surface area (Å²) < 4.78 is 11.1. The van der Waals surface area contributed by atoms with Gasteiger partial charge in [-0.3, -0.25) is 9.69 Å². The van der Waals surface area contributed by atoms with E-state index in [1.807, 2.05) is 54.3 Å². The van der Waals surface area contributed by atoms with Crippen LogP contribution in [-0.2, 0) is 0 Å². The first-order valence-corrected chi connectivity index (χ1v) is 10.0. The highest BCUT2D eigenvalue weighted by Gasteiger charge is 2.24. The van der Waals surface area contributed by atoms with Gasteiger partial charge in [-0.1, -0.05) is 24.3 Å². The van der Waals surface area contributed by atoms with Gasteiger partial charge in [0.05, 0.1) is 7.11 Å². The first-order chi connectivity index (χ1) is 14.2. The number of aromatic nitrogens is 1. The third-order valence-electron chi connectivity index (χ3n) is 5.56. The second-order valence-corrected chi connectivity index (χ2v) is 7.33. The molecule has 0 saturated carbocycles. The Bertz CT molecular complexity index is 990. The van der Waals surface area contributed by atoms with E-state index in [1.165, 1.54) is 0 Å². The molecule has 0 aliphatic carbocycles. The Kier molecular flexibility index (Phi) is 5.71. The van der Waals surface area contributed by atoms with Gasteiger partial charge in [0.25, 0.3) is 5.91 Å². The average Bonchev–Trinajstić information content (AvgIpc) is 3.11. The van der Waals surface area contributed by atoms with E-state index < -0.39 is 0 Å². The smallest absolute Gasteiger partial charge is 0.270 e. The Morgan fingerprint density at radius 3 is 2.55 bits per heavy atom. The van der Waals surface area contributed by atoms with Gasteiger partial charge in [-0.2, -0.15) is 0 Å². The summed E-state index contributed by atoms with van der Waals surface area (Å²) in [6.07, 6.45) is 0. The molecule has 1 N–H and O–H groups in total. The predicted molar refractivity (Wildman–Crippen MR) is 114 cm³/mol. The van der Waals surface area contributed by atoms with Gasteiger partial charge in [0.1, 0.15) is 23.8 Å². The number of hydrogen-bond donors (Lipinski definition) is 1. The summed E-state index contributed by atoms with van der Waals surface area (Å²) in [5.74, 6) is 1.69. The molecule has 2 heterocycles. The summed E-state index contributed by atoms with van der Waals surface area (Å²) in [5.41, 5.74) is 2.75. The lowest BCUT2D eigenvalue weighted by molar-refractivity contribution is 0.0615. The molecule has 29 heavy (non-hydrogen) atoms. The number of amides is 1. The molecule has 4 rings (SSSR count). The monoisotopic (exact) mass is 393 g/mol. The third kappa shape index (κ3) is 4.22. The molecule has 1 aliphatic heterocycles. The Morgan fingerprint density at radius 2 is 1.79 bits per heavy atom. The van der Waals surface area contributed by atoms with Crippen molar-refractivity contribution in [2.24, 2.45) is 0 Å². The zero-order valence-electron chi connectivity index (χ0n) is 17.0. The lowest BCUT2D eigenvalue weighted by Crippen LogP contribution is -2.49. The molecule has 6 heteroatoms. The molecule has 0 spiro atoms. The standard InChI is InChI=1S/C23H27N3O3/c1-17-20-8-3-4-9-21(20)24-22(17)23(27)26-12-10-25(11-13-26)14-15-29-19-7-5-6-18(16-19)28-2/h3-9,16,24H,10-15H2,1-2H3. The Balaban J connectivity index is 1.28. The topological polar surface area (TPSA) is 57.8 Å². The molecule has 1 saturated heterocycles. The molecule has 1 aromatic heterocycles. The number of aromatic amines is 1. The molecule has 1 fully saturated rings. The summed E-state index contributed by atoms with van der Waals surface area (Å²) >= 11 is 0. The molecular weight excluding hydrogens is 366 g/mol. The van der Waals surface area contributed by atoms with E-state index >= 15 is 0 Å². The van der Waals surface area contributed by atoms with Crippen molar-refractivity contribution in [3.8, 4) is 11.5 Å². The normalized spacial score (nSPS) is 14.9. The van der Waals surface area contributed by atoms with Gasteiger partial charge < -0.3 is 19.4 Å². The number of fused-ring (bicyclic) bond motifs is 1.